The van der Waals surface area contributed by atoms with Gasteiger partial charge in [-0.05, 0) is 36.2 Å². The van der Waals surface area contributed by atoms with Gasteiger partial charge in [-0.15, -0.1) is 12.4 Å². The first-order valence-electron chi connectivity index (χ1n) is 8.34. The van der Waals surface area contributed by atoms with Crippen LogP contribution in [0.5, 0.6) is 0 Å². The molecule has 6 nitrogen and oxygen atoms in total. The standard InChI is InChI=1S/C19H22N2O4S.ClH/c1-13-10-15(8-9-16(13)19(22)25-2)26(23,24)21-11-17(18(20)12-21)14-6-4-3-5-7-14;/h3-10,17-18H,11-12,20H2,1-2H3;1H/t17-,18+;/m0./s1. The molecule has 146 valence electrons. The van der Waals surface area contributed by atoms with E-state index in [1.165, 1.54) is 29.6 Å². The van der Waals surface area contributed by atoms with Gasteiger partial charge in [-0.3, -0.25) is 0 Å². The quantitative estimate of drug-likeness (QED) is 0.781. The normalized spacial score (nSPS) is 20.1. The lowest BCUT2D eigenvalue weighted by atomic mass is 9.95. The number of aryl methyl sites for hydroxylation is 1. The van der Waals surface area contributed by atoms with Gasteiger partial charge in [-0.25, -0.2) is 13.2 Å². The number of benzene rings is 2. The number of esters is 1. The smallest absolute Gasteiger partial charge is 0.338 e. The number of halogens is 1. The van der Waals surface area contributed by atoms with Crippen LogP contribution in [-0.4, -0.2) is 44.9 Å². The summed E-state index contributed by atoms with van der Waals surface area (Å²) < 4.78 is 32.2. The Hall–Kier alpha value is -1.93. The fourth-order valence-electron chi connectivity index (χ4n) is 3.33. The molecule has 1 aliphatic heterocycles. The van der Waals surface area contributed by atoms with Gasteiger partial charge in [0.1, 0.15) is 0 Å². The van der Waals surface area contributed by atoms with Crippen LogP contribution >= 0.6 is 12.4 Å². The predicted octanol–water partition coefficient (Wildman–Crippen LogP) is 2.32. The van der Waals surface area contributed by atoms with Crippen LogP contribution in [0.15, 0.2) is 53.4 Å². The summed E-state index contributed by atoms with van der Waals surface area (Å²) in [5.74, 6) is -0.528. The molecule has 2 aromatic rings. The van der Waals surface area contributed by atoms with Gasteiger partial charge in [0.05, 0.1) is 17.6 Å². The summed E-state index contributed by atoms with van der Waals surface area (Å²) in [6.07, 6.45) is 0. The Morgan fingerprint density at radius 3 is 2.41 bits per heavy atom. The van der Waals surface area contributed by atoms with E-state index in [2.05, 4.69) is 0 Å². The first-order chi connectivity index (χ1) is 12.3. The molecular weight excluding hydrogens is 388 g/mol. The van der Waals surface area contributed by atoms with Crippen LogP contribution < -0.4 is 5.73 Å². The van der Waals surface area contributed by atoms with Crippen LogP contribution in [0.3, 0.4) is 0 Å². The summed E-state index contributed by atoms with van der Waals surface area (Å²) in [6.45, 7) is 2.29. The van der Waals surface area contributed by atoms with Crippen molar-refractivity contribution < 1.29 is 17.9 Å². The van der Waals surface area contributed by atoms with E-state index in [0.717, 1.165) is 5.56 Å². The minimum atomic E-state index is -3.68. The molecule has 0 amide bonds. The highest BCUT2D eigenvalue weighted by molar-refractivity contribution is 7.89. The zero-order valence-corrected chi connectivity index (χ0v) is 16.8. The Morgan fingerprint density at radius 2 is 1.81 bits per heavy atom. The molecule has 0 aromatic heterocycles. The van der Waals surface area contributed by atoms with E-state index in [9.17, 15) is 13.2 Å². The Labute approximate surface area is 165 Å². The van der Waals surface area contributed by atoms with Crippen molar-refractivity contribution in [1.29, 1.82) is 0 Å². The fourth-order valence-corrected chi connectivity index (χ4v) is 4.91. The zero-order chi connectivity index (χ0) is 18.9. The molecule has 8 heteroatoms. The topological polar surface area (TPSA) is 89.7 Å². The predicted molar refractivity (Wildman–Crippen MR) is 106 cm³/mol. The van der Waals surface area contributed by atoms with E-state index < -0.39 is 16.0 Å². The molecule has 1 heterocycles. The molecular formula is C19H23ClN2O4S. The van der Waals surface area contributed by atoms with Crippen molar-refractivity contribution in [3.8, 4) is 0 Å². The van der Waals surface area contributed by atoms with Gasteiger partial charge in [0.25, 0.3) is 0 Å². The second kappa shape index (κ2) is 8.39. The van der Waals surface area contributed by atoms with E-state index in [0.29, 0.717) is 17.7 Å². The van der Waals surface area contributed by atoms with E-state index in [-0.39, 0.29) is 35.8 Å². The molecule has 0 radical (unpaired) electrons. The summed E-state index contributed by atoms with van der Waals surface area (Å²) >= 11 is 0. The SMILES string of the molecule is COC(=O)c1ccc(S(=O)(=O)N2C[C@@H](N)[C@H](c3ccccc3)C2)cc1C.Cl. The number of rotatable bonds is 4. The zero-order valence-electron chi connectivity index (χ0n) is 15.2. The van der Waals surface area contributed by atoms with Gasteiger partial charge in [-0.2, -0.15) is 4.31 Å². The van der Waals surface area contributed by atoms with Gasteiger partial charge in [0.2, 0.25) is 10.0 Å². The second-order valence-electron chi connectivity index (χ2n) is 6.47. The lowest BCUT2D eigenvalue weighted by Gasteiger charge is -2.17. The van der Waals surface area contributed by atoms with Gasteiger partial charge >= 0.3 is 5.97 Å². The number of hydrogen-bond donors (Lipinski definition) is 1. The summed E-state index contributed by atoms with van der Waals surface area (Å²) in [6, 6.07) is 13.9. The third kappa shape index (κ3) is 4.16. The second-order valence-corrected chi connectivity index (χ2v) is 8.41. The molecule has 2 aromatic carbocycles. The number of ether oxygens (including phenoxy) is 1. The molecule has 1 aliphatic rings. The minimum absolute atomic E-state index is 0. The molecule has 0 saturated carbocycles. The molecule has 3 rings (SSSR count). The third-order valence-electron chi connectivity index (χ3n) is 4.80. The number of carbonyl (C=O) groups is 1. The Balaban J connectivity index is 0.00000261. The molecule has 27 heavy (non-hydrogen) atoms. The van der Waals surface area contributed by atoms with Gasteiger partial charge in [0.15, 0.2) is 0 Å². The van der Waals surface area contributed by atoms with Crippen LogP contribution in [-0.2, 0) is 14.8 Å². The van der Waals surface area contributed by atoms with Crippen LogP contribution in [0, 0.1) is 6.92 Å². The van der Waals surface area contributed by atoms with Crippen molar-refractivity contribution in [3.05, 3.63) is 65.2 Å². The highest BCUT2D eigenvalue weighted by atomic mass is 35.5. The summed E-state index contributed by atoms with van der Waals surface area (Å²) in [4.78, 5) is 11.9. The molecule has 0 aliphatic carbocycles. The number of nitrogens with two attached hydrogens (primary N) is 1. The molecule has 0 unspecified atom stereocenters. The number of hydrogen-bond acceptors (Lipinski definition) is 5. The van der Waals surface area contributed by atoms with Crippen molar-refractivity contribution in [2.45, 2.75) is 23.8 Å². The summed E-state index contributed by atoms with van der Waals surface area (Å²) in [7, 11) is -2.39. The average Bonchev–Trinajstić information content (AvgIpc) is 3.04. The number of nitrogens with zero attached hydrogens (tertiary/aromatic N) is 1. The maximum Gasteiger partial charge on any atom is 0.338 e. The third-order valence-corrected chi connectivity index (χ3v) is 6.63. The molecule has 2 N–H and O–H groups in total. The van der Waals surface area contributed by atoms with Crippen molar-refractivity contribution in [2.75, 3.05) is 20.2 Å². The van der Waals surface area contributed by atoms with Crippen LogP contribution in [0.1, 0.15) is 27.4 Å². The Kier molecular flexibility index (Phi) is 6.64. The molecule has 0 bridgehead atoms. The molecule has 1 saturated heterocycles. The maximum atomic E-state index is 13.0. The summed E-state index contributed by atoms with van der Waals surface area (Å²) in [5, 5.41) is 0. The van der Waals surface area contributed by atoms with E-state index in [1.54, 1.807) is 6.92 Å². The highest BCUT2D eigenvalue weighted by Crippen LogP contribution is 2.31. The Bertz CT molecular complexity index is 919. The van der Waals surface area contributed by atoms with Gasteiger partial charge in [0, 0.05) is 25.0 Å². The number of carbonyl (C=O) groups excluding carboxylic acids is 1. The van der Waals surface area contributed by atoms with Crippen LogP contribution in [0.25, 0.3) is 0 Å². The summed E-state index contributed by atoms with van der Waals surface area (Å²) in [5.41, 5.74) is 8.17. The number of sulfonamides is 1. The lowest BCUT2D eigenvalue weighted by molar-refractivity contribution is 0.0600. The Morgan fingerprint density at radius 1 is 1.15 bits per heavy atom. The van der Waals surface area contributed by atoms with E-state index >= 15 is 0 Å². The van der Waals surface area contributed by atoms with Crippen LogP contribution in [0.2, 0.25) is 0 Å². The van der Waals surface area contributed by atoms with Crippen molar-refractivity contribution in [3.63, 3.8) is 0 Å². The van der Waals surface area contributed by atoms with Gasteiger partial charge < -0.3 is 10.5 Å². The maximum absolute atomic E-state index is 13.0. The monoisotopic (exact) mass is 410 g/mol. The largest absolute Gasteiger partial charge is 0.465 e. The van der Waals surface area contributed by atoms with Crippen LogP contribution in [0.4, 0.5) is 0 Å². The molecule has 1 fully saturated rings. The van der Waals surface area contributed by atoms with E-state index in [1.807, 2.05) is 30.3 Å². The van der Waals surface area contributed by atoms with Crippen molar-refractivity contribution >= 4 is 28.4 Å². The molecule has 2 atom stereocenters. The first-order valence-corrected chi connectivity index (χ1v) is 9.78. The fraction of sp³-hybridized carbons (Fsp3) is 0.316. The number of methoxy groups -OCH3 is 1. The van der Waals surface area contributed by atoms with Crippen molar-refractivity contribution in [2.24, 2.45) is 5.73 Å². The van der Waals surface area contributed by atoms with Gasteiger partial charge in [-0.1, -0.05) is 30.3 Å². The first kappa shape index (κ1) is 21.4. The van der Waals surface area contributed by atoms with Crippen molar-refractivity contribution in [1.82, 2.24) is 4.31 Å². The average molecular weight is 411 g/mol. The minimum Gasteiger partial charge on any atom is -0.465 e. The highest BCUT2D eigenvalue weighted by Gasteiger charge is 2.38. The molecule has 0 spiro atoms. The van der Waals surface area contributed by atoms with E-state index in [4.69, 9.17) is 10.5 Å². The lowest BCUT2D eigenvalue weighted by Crippen LogP contribution is -2.32.